The van der Waals surface area contributed by atoms with Gasteiger partial charge in [0.15, 0.2) is 0 Å². The third-order valence-electron chi connectivity index (χ3n) is 3.36. The Balaban J connectivity index is 1.82. The fraction of sp³-hybridized carbons (Fsp3) is 0.889. The van der Waals surface area contributed by atoms with E-state index < -0.39 is 0 Å². The van der Waals surface area contributed by atoms with Crippen molar-refractivity contribution in [3.63, 3.8) is 0 Å². The largest absolute Gasteiger partial charge is 0.409 e. The molecule has 0 saturated carbocycles. The van der Waals surface area contributed by atoms with Crippen molar-refractivity contribution in [2.24, 2.45) is 10.9 Å². The molecule has 0 aromatic rings. The van der Waals surface area contributed by atoms with E-state index in [9.17, 15) is 0 Å². The van der Waals surface area contributed by atoms with Crippen LogP contribution >= 0.6 is 0 Å². The molecular formula is C9H17N3O. The van der Waals surface area contributed by atoms with E-state index in [1.165, 1.54) is 25.7 Å². The molecule has 0 spiro atoms. The Bertz CT molecular complexity index is 197. The van der Waals surface area contributed by atoms with Crippen LogP contribution < -0.4 is 5.73 Å². The minimum Gasteiger partial charge on any atom is -0.409 e. The quantitative estimate of drug-likeness (QED) is 0.294. The molecule has 4 heteroatoms. The Morgan fingerprint density at radius 1 is 1.31 bits per heavy atom. The van der Waals surface area contributed by atoms with Gasteiger partial charge < -0.3 is 10.9 Å². The van der Waals surface area contributed by atoms with Gasteiger partial charge in [-0.25, -0.2) is 0 Å². The fourth-order valence-electron chi connectivity index (χ4n) is 2.68. The van der Waals surface area contributed by atoms with Gasteiger partial charge in [-0.05, 0) is 25.7 Å². The maximum Gasteiger partial charge on any atom is 0.140 e. The third-order valence-corrected chi connectivity index (χ3v) is 3.36. The van der Waals surface area contributed by atoms with Crippen molar-refractivity contribution in [1.82, 2.24) is 4.90 Å². The van der Waals surface area contributed by atoms with E-state index in [0.29, 0.717) is 12.3 Å². The summed E-state index contributed by atoms with van der Waals surface area (Å²) in [6.07, 6.45) is 6.09. The Labute approximate surface area is 78.4 Å². The Morgan fingerprint density at radius 3 is 2.31 bits per heavy atom. The van der Waals surface area contributed by atoms with Crippen molar-refractivity contribution in [1.29, 1.82) is 0 Å². The first kappa shape index (κ1) is 8.81. The summed E-state index contributed by atoms with van der Waals surface area (Å²) < 4.78 is 0. The molecule has 2 heterocycles. The third kappa shape index (κ3) is 1.63. The van der Waals surface area contributed by atoms with E-state index in [1.807, 2.05) is 0 Å². The predicted molar refractivity (Wildman–Crippen MR) is 50.8 cm³/mol. The van der Waals surface area contributed by atoms with Crippen LogP contribution in [-0.2, 0) is 0 Å². The highest BCUT2D eigenvalue weighted by Gasteiger charge is 2.38. The number of hydrogen-bond donors (Lipinski definition) is 2. The second kappa shape index (κ2) is 3.54. The van der Waals surface area contributed by atoms with E-state index in [2.05, 4.69) is 10.1 Å². The highest BCUT2D eigenvalue weighted by atomic mass is 16.4. The van der Waals surface area contributed by atoms with Crippen molar-refractivity contribution < 1.29 is 5.21 Å². The lowest BCUT2D eigenvalue weighted by atomic mass is 10.0. The molecule has 2 rings (SSSR count). The highest BCUT2D eigenvalue weighted by Crippen LogP contribution is 2.37. The van der Waals surface area contributed by atoms with Gasteiger partial charge in [0.05, 0.1) is 0 Å². The normalized spacial score (nSPS) is 34.3. The van der Waals surface area contributed by atoms with Crippen LogP contribution in [0.5, 0.6) is 0 Å². The van der Waals surface area contributed by atoms with Crippen LogP contribution in [0.4, 0.5) is 0 Å². The number of oxime groups is 1. The van der Waals surface area contributed by atoms with E-state index in [0.717, 1.165) is 18.6 Å². The average molecular weight is 183 g/mol. The standard InChI is InChI=1S/C9H17N3O/c10-9(11-13)5-6-12-7-1-2-8(12)4-3-7/h7-8,13H,1-6H2,(H2,10,11). The van der Waals surface area contributed by atoms with Gasteiger partial charge in [0.2, 0.25) is 0 Å². The maximum atomic E-state index is 8.40. The molecule has 0 amide bonds. The van der Waals surface area contributed by atoms with Crippen LogP contribution in [0.15, 0.2) is 5.16 Å². The smallest absolute Gasteiger partial charge is 0.140 e. The van der Waals surface area contributed by atoms with Crippen LogP contribution in [0.25, 0.3) is 0 Å². The molecule has 3 N–H and O–H groups in total. The van der Waals surface area contributed by atoms with Crippen molar-refractivity contribution in [2.75, 3.05) is 6.54 Å². The van der Waals surface area contributed by atoms with Gasteiger partial charge in [-0.2, -0.15) is 0 Å². The predicted octanol–water partition coefficient (Wildman–Crippen LogP) is 0.750. The SMILES string of the molecule is N/C(CCN1C2CCC1CC2)=N\O. The molecule has 4 nitrogen and oxygen atoms in total. The maximum absolute atomic E-state index is 8.40. The molecule has 2 aliphatic rings. The zero-order chi connectivity index (χ0) is 9.26. The first-order valence-electron chi connectivity index (χ1n) is 5.03. The zero-order valence-electron chi connectivity index (χ0n) is 7.82. The molecule has 2 fully saturated rings. The van der Waals surface area contributed by atoms with Crippen molar-refractivity contribution in [2.45, 2.75) is 44.2 Å². The van der Waals surface area contributed by atoms with Gasteiger partial charge in [0.1, 0.15) is 5.84 Å². The molecule has 0 atom stereocenters. The minimum atomic E-state index is 0.353. The van der Waals surface area contributed by atoms with Crippen LogP contribution in [0.1, 0.15) is 32.1 Å². The van der Waals surface area contributed by atoms with Crippen molar-refractivity contribution >= 4 is 5.84 Å². The summed E-state index contributed by atoms with van der Waals surface area (Å²) in [7, 11) is 0. The molecule has 2 saturated heterocycles. The number of nitrogens with zero attached hydrogens (tertiary/aromatic N) is 2. The summed E-state index contributed by atoms with van der Waals surface area (Å²) in [6.45, 7) is 0.964. The fourth-order valence-corrected chi connectivity index (χ4v) is 2.68. The van der Waals surface area contributed by atoms with Gasteiger partial charge in [-0.3, -0.25) is 4.90 Å². The van der Waals surface area contributed by atoms with Gasteiger partial charge in [0, 0.05) is 25.0 Å². The van der Waals surface area contributed by atoms with E-state index in [-0.39, 0.29) is 0 Å². The van der Waals surface area contributed by atoms with E-state index in [1.54, 1.807) is 0 Å². The molecule has 0 aliphatic carbocycles. The van der Waals surface area contributed by atoms with Crippen LogP contribution in [-0.4, -0.2) is 34.6 Å². The lowest BCUT2D eigenvalue weighted by Crippen LogP contribution is -2.32. The molecular weight excluding hydrogens is 166 g/mol. The summed E-state index contributed by atoms with van der Waals surface area (Å²) in [4.78, 5) is 2.53. The monoisotopic (exact) mass is 183 g/mol. The number of nitrogens with two attached hydrogens (primary N) is 1. The van der Waals surface area contributed by atoms with Gasteiger partial charge in [0.25, 0.3) is 0 Å². The molecule has 0 aromatic heterocycles. The summed E-state index contributed by atoms with van der Waals surface area (Å²) in [5, 5.41) is 11.4. The number of rotatable bonds is 3. The number of fused-ring (bicyclic) bond motifs is 2. The van der Waals surface area contributed by atoms with Gasteiger partial charge in [-0.1, -0.05) is 5.16 Å². The Kier molecular flexibility index (Phi) is 2.40. The average Bonchev–Trinajstić information content (AvgIpc) is 2.73. The Morgan fingerprint density at radius 2 is 1.85 bits per heavy atom. The molecule has 2 aliphatic heterocycles. The molecule has 0 unspecified atom stereocenters. The highest BCUT2D eigenvalue weighted by molar-refractivity contribution is 5.79. The summed E-state index contributed by atoms with van der Waals surface area (Å²) >= 11 is 0. The minimum absolute atomic E-state index is 0.353. The topological polar surface area (TPSA) is 61.8 Å². The number of amidine groups is 1. The first-order valence-corrected chi connectivity index (χ1v) is 5.03. The number of hydrogen-bond acceptors (Lipinski definition) is 3. The first-order chi connectivity index (χ1) is 6.31. The Hall–Kier alpha value is -0.770. The van der Waals surface area contributed by atoms with Crippen LogP contribution in [0.3, 0.4) is 0 Å². The van der Waals surface area contributed by atoms with E-state index >= 15 is 0 Å². The van der Waals surface area contributed by atoms with Gasteiger partial charge >= 0.3 is 0 Å². The van der Waals surface area contributed by atoms with Gasteiger partial charge in [-0.15, -0.1) is 0 Å². The van der Waals surface area contributed by atoms with Crippen LogP contribution in [0.2, 0.25) is 0 Å². The summed E-state index contributed by atoms with van der Waals surface area (Å²) in [5.41, 5.74) is 5.44. The van der Waals surface area contributed by atoms with E-state index in [4.69, 9.17) is 10.9 Å². The summed E-state index contributed by atoms with van der Waals surface area (Å²) in [6, 6.07) is 1.58. The van der Waals surface area contributed by atoms with Crippen molar-refractivity contribution in [3.8, 4) is 0 Å². The second-order valence-electron chi connectivity index (χ2n) is 4.04. The lowest BCUT2D eigenvalue weighted by Gasteiger charge is -2.20. The molecule has 0 radical (unpaired) electrons. The molecule has 13 heavy (non-hydrogen) atoms. The summed E-state index contributed by atoms with van der Waals surface area (Å²) in [5.74, 6) is 0.353. The van der Waals surface area contributed by atoms with Crippen LogP contribution in [0, 0.1) is 0 Å². The van der Waals surface area contributed by atoms with Crippen molar-refractivity contribution in [3.05, 3.63) is 0 Å². The zero-order valence-corrected chi connectivity index (χ0v) is 7.82. The second-order valence-corrected chi connectivity index (χ2v) is 4.04. The lowest BCUT2D eigenvalue weighted by molar-refractivity contribution is 0.257. The molecule has 0 aromatic carbocycles. The molecule has 74 valence electrons. The molecule has 2 bridgehead atoms.